The van der Waals surface area contributed by atoms with Crippen LogP contribution in [0.2, 0.25) is 10.2 Å². The van der Waals surface area contributed by atoms with Crippen LogP contribution in [0, 0.1) is 5.92 Å². The van der Waals surface area contributed by atoms with Gasteiger partial charge in [-0.2, -0.15) is 0 Å². The van der Waals surface area contributed by atoms with Crippen LogP contribution in [-0.4, -0.2) is 61.4 Å². The molecule has 0 bridgehead atoms. The van der Waals surface area contributed by atoms with E-state index in [2.05, 4.69) is 25.9 Å². The van der Waals surface area contributed by atoms with Crippen molar-refractivity contribution in [2.45, 2.75) is 18.9 Å². The van der Waals surface area contributed by atoms with Gasteiger partial charge in [-0.05, 0) is 30.9 Å². The normalized spacial score (nSPS) is 19.7. The van der Waals surface area contributed by atoms with Gasteiger partial charge in [0.25, 0.3) is 5.91 Å². The molecule has 2 aromatic rings. The Bertz CT molecular complexity index is 918. The Kier molecular flexibility index (Phi) is 7.58. The maximum atomic E-state index is 12.5. The second-order valence-corrected chi connectivity index (χ2v) is 8.37. The van der Waals surface area contributed by atoms with Gasteiger partial charge in [-0.1, -0.05) is 23.2 Å². The largest absolute Gasteiger partial charge is 0.384 e. The summed E-state index contributed by atoms with van der Waals surface area (Å²) in [5, 5.41) is 10.1. The zero-order chi connectivity index (χ0) is 21.6. The molecule has 2 aromatic heterocycles. The fourth-order valence-electron chi connectivity index (χ4n) is 3.60. The predicted octanol–water partition coefficient (Wildman–Crippen LogP) is 3.22. The highest BCUT2D eigenvalue weighted by Gasteiger charge is 2.22. The van der Waals surface area contributed by atoms with E-state index < -0.39 is 6.10 Å². The summed E-state index contributed by atoms with van der Waals surface area (Å²) in [4.78, 5) is 21.0. The van der Waals surface area contributed by atoms with Crippen LogP contribution in [0.25, 0.3) is 11.1 Å². The number of morpholine rings is 1. The maximum absolute atomic E-state index is 12.5. The fourth-order valence-corrected chi connectivity index (χ4v) is 4.01. The molecule has 2 saturated heterocycles. The van der Waals surface area contributed by atoms with Crippen molar-refractivity contribution >= 4 is 40.6 Å². The number of nitrogens with zero attached hydrogens (tertiary/aromatic N) is 2. The number of anilines is 2. The molecule has 0 aliphatic carbocycles. The summed E-state index contributed by atoms with van der Waals surface area (Å²) in [5.41, 5.74) is 2.16. The van der Waals surface area contributed by atoms with E-state index in [-0.39, 0.29) is 5.91 Å². The van der Waals surface area contributed by atoms with Crippen molar-refractivity contribution in [3.63, 3.8) is 0 Å². The molecule has 0 saturated carbocycles. The molecule has 2 aliphatic rings. The van der Waals surface area contributed by atoms with Crippen LogP contribution in [0.5, 0.6) is 0 Å². The molecule has 1 atom stereocenters. The zero-order valence-corrected chi connectivity index (χ0v) is 18.5. The molecular formula is C21H25Cl2N5O3. The molecule has 10 heteroatoms. The quantitative estimate of drug-likeness (QED) is 0.563. The van der Waals surface area contributed by atoms with E-state index in [4.69, 9.17) is 32.7 Å². The first-order valence-corrected chi connectivity index (χ1v) is 11.1. The van der Waals surface area contributed by atoms with Crippen molar-refractivity contribution in [1.82, 2.24) is 15.3 Å². The highest BCUT2D eigenvalue weighted by atomic mass is 35.5. The summed E-state index contributed by atoms with van der Waals surface area (Å²) in [6.45, 7) is 4.14. The molecule has 1 unspecified atom stereocenters. The second kappa shape index (κ2) is 10.6. The van der Waals surface area contributed by atoms with Crippen molar-refractivity contribution in [2.24, 2.45) is 5.92 Å². The molecule has 0 aromatic carbocycles. The van der Waals surface area contributed by atoms with Crippen molar-refractivity contribution in [3.05, 3.63) is 34.7 Å². The third-order valence-corrected chi connectivity index (χ3v) is 5.99. The summed E-state index contributed by atoms with van der Waals surface area (Å²) >= 11 is 12.8. The van der Waals surface area contributed by atoms with Crippen LogP contribution in [-0.2, 0) is 14.3 Å². The summed E-state index contributed by atoms with van der Waals surface area (Å²) in [6.07, 6.45) is 4.72. The Hall–Kier alpha value is -1.97. The molecule has 31 heavy (non-hydrogen) atoms. The predicted molar refractivity (Wildman–Crippen MR) is 121 cm³/mol. The van der Waals surface area contributed by atoms with E-state index in [1.54, 1.807) is 12.3 Å². The number of halogens is 2. The minimum Gasteiger partial charge on any atom is -0.384 e. The van der Waals surface area contributed by atoms with Crippen molar-refractivity contribution < 1.29 is 14.3 Å². The van der Waals surface area contributed by atoms with Gasteiger partial charge in [-0.3, -0.25) is 4.79 Å². The highest BCUT2D eigenvalue weighted by molar-refractivity contribution is 6.36. The fraction of sp³-hybridized carbons (Fsp3) is 0.476. The molecule has 4 heterocycles. The molecule has 166 valence electrons. The Morgan fingerprint density at radius 3 is 2.74 bits per heavy atom. The van der Waals surface area contributed by atoms with Gasteiger partial charge in [0, 0.05) is 50.2 Å². The standard InChI is InChI=1S/C21H25Cl2N5O3/c22-17-11-26-19(28-21(29)18-12-24-3-6-31-18)8-15(17)16-7-14(10-27-20(16)23)25-9-13-1-4-30-5-2-13/h7-8,10-11,13,18,24-25H,1-6,9,12H2,(H,26,28,29). The number of pyridine rings is 2. The zero-order valence-electron chi connectivity index (χ0n) is 17.0. The molecule has 0 radical (unpaired) electrons. The number of hydrogen-bond acceptors (Lipinski definition) is 7. The average molecular weight is 466 g/mol. The maximum Gasteiger partial charge on any atom is 0.255 e. The van der Waals surface area contributed by atoms with Crippen LogP contribution >= 0.6 is 23.2 Å². The van der Waals surface area contributed by atoms with Gasteiger partial charge in [0.15, 0.2) is 0 Å². The third-order valence-electron chi connectivity index (χ3n) is 5.39. The summed E-state index contributed by atoms with van der Waals surface area (Å²) in [6, 6.07) is 3.61. The number of nitrogens with one attached hydrogen (secondary N) is 3. The molecule has 2 fully saturated rings. The van der Waals surface area contributed by atoms with E-state index in [9.17, 15) is 4.79 Å². The monoisotopic (exact) mass is 465 g/mol. The number of hydrogen-bond donors (Lipinski definition) is 3. The minimum absolute atomic E-state index is 0.260. The molecule has 0 spiro atoms. The Morgan fingerprint density at radius 2 is 1.97 bits per heavy atom. The van der Waals surface area contributed by atoms with Gasteiger partial charge >= 0.3 is 0 Å². The second-order valence-electron chi connectivity index (χ2n) is 7.60. The molecule has 2 aliphatic heterocycles. The summed E-state index contributed by atoms with van der Waals surface area (Å²) < 4.78 is 10.9. The SMILES string of the molecule is O=C(Nc1cc(-c2cc(NCC3CCOCC3)cnc2Cl)c(Cl)cn1)C1CNCCO1. The van der Waals surface area contributed by atoms with Crippen molar-refractivity contribution in [3.8, 4) is 11.1 Å². The smallest absolute Gasteiger partial charge is 0.255 e. The number of ether oxygens (including phenoxy) is 2. The van der Waals surface area contributed by atoms with Crippen LogP contribution in [0.4, 0.5) is 11.5 Å². The number of rotatable bonds is 6. The lowest BCUT2D eigenvalue weighted by Crippen LogP contribution is -2.45. The van der Waals surface area contributed by atoms with E-state index in [1.807, 2.05) is 6.07 Å². The molecular weight excluding hydrogens is 441 g/mol. The number of aromatic nitrogens is 2. The lowest BCUT2D eigenvalue weighted by atomic mass is 10.0. The van der Waals surface area contributed by atoms with Gasteiger partial charge in [0.1, 0.15) is 17.1 Å². The van der Waals surface area contributed by atoms with Crippen molar-refractivity contribution in [1.29, 1.82) is 0 Å². The van der Waals surface area contributed by atoms with Crippen LogP contribution in [0.3, 0.4) is 0 Å². The number of carbonyl (C=O) groups excluding carboxylic acids is 1. The van der Waals surface area contributed by atoms with Gasteiger partial charge in [0.05, 0.1) is 23.5 Å². The van der Waals surface area contributed by atoms with Crippen LogP contribution < -0.4 is 16.0 Å². The summed E-state index contributed by atoms with van der Waals surface area (Å²) in [7, 11) is 0. The van der Waals surface area contributed by atoms with Gasteiger partial charge in [-0.25, -0.2) is 9.97 Å². The van der Waals surface area contributed by atoms with Crippen LogP contribution in [0.15, 0.2) is 24.5 Å². The van der Waals surface area contributed by atoms with E-state index in [0.29, 0.717) is 46.2 Å². The Labute approximate surface area is 191 Å². The average Bonchev–Trinajstić information content (AvgIpc) is 2.81. The molecule has 8 nitrogen and oxygen atoms in total. The first-order chi connectivity index (χ1) is 15.1. The van der Waals surface area contributed by atoms with Gasteiger partial charge in [-0.15, -0.1) is 0 Å². The van der Waals surface area contributed by atoms with E-state index in [1.165, 1.54) is 6.20 Å². The first-order valence-electron chi connectivity index (χ1n) is 10.4. The van der Waals surface area contributed by atoms with E-state index >= 15 is 0 Å². The number of carbonyl (C=O) groups is 1. The van der Waals surface area contributed by atoms with E-state index in [0.717, 1.165) is 44.8 Å². The highest BCUT2D eigenvalue weighted by Crippen LogP contribution is 2.35. The first kappa shape index (κ1) is 22.2. The molecule has 1 amide bonds. The van der Waals surface area contributed by atoms with Crippen LogP contribution in [0.1, 0.15) is 12.8 Å². The number of amides is 1. The topological polar surface area (TPSA) is 97.4 Å². The minimum atomic E-state index is -0.558. The van der Waals surface area contributed by atoms with Crippen molar-refractivity contribution in [2.75, 3.05) is 50.1 Å². The third kappa shape index (κ3) is 5.84. The lowest BCUT2D eigenvalue weighted by Gasteiger charge is -2.23. The van der Waals surface area contributed by atoms with Gasteiger partial charge in [0.2, 0.25) is 0 Å². The Balaban J connectivity index is 1.49. The molecule has 4 rings (SSSR count). The summed E-state index contributed by atoms with van der Waals surface area (Å²) in [5.74, 6) is 0.676. The Morgan fingerprint density at radius 1 is 1.13 bits per heavy atom. The lowest BCUT2D eigenvalue weighted by molar-refractivity contribution is -0.128. The van der Waals surface area contributed by atoms with Gasteiger partial charge < -0.3 is 25.4 Å². The molecule has 3 N–H and O–H groups in total.